The minimum absolute atomic E-state index is 0.0117. The van der Waals surface area contributed by atoms with Crippen LogP contribution in [0.1, 0.15) is 16.8 Å². The molecule has 15 heavy (non-hydrogen) atoms. The van der Waals surface area contributed by atoms with E-state index in [4.69, 9.17) is 5.11 Å². The number of rotatable bonds is 4. The van der Waals surface area contributed by atoms with Gasteiger partial charge in [0, 0.05) is 33.3 Å². The van der Waals surface area contributed by atoms with Crippen LogP contribution in [0.25, 0.3) is 0 Å². The Balaban J connectivity index is 2.51. The van der Waals surface area contributed by atoms with Crippen molar-refractivity contribution in [2.24, 2.45) is 0 Å². The van der Waals surface area contributed by atoms with Gasteiger partial charge in [-0.25, -0.2) is 4.79 Å². The fourth-order valence-electron chi connectivity index (χ4n) is 1.03. The van der Waals surface area contributed by atoms with E-state index in [1.807, 2.05) is 0 Å². The maximum Gasteiger partial charge on any atom is 0.338 e. The molecule has 1 heterocycles. The van der Waals surface area contributed by atoms with E-state index in [0.29, 0.717) is 13.0 Å². The Hall–Kier alpha value is -1.85. The summed E-state index contributed by atoms with van der Waals surface area (Å²) in [5.41, 5.74) is 0.132. The molecule has 0 atom stereocenters. The molecule has 0 fully saturated rings. The minimum Gasteiger partial charge on any atom is -0.478 e. The molecule has 1 aromatic rings. The van der Waals surface area contributed by atoms with E-state index in [1.54, 1.807) is 14.1 Å². The number of aromatic nitrogens is 2. The molecule has 0 aliphatic rings. The molecule has 0 saturated heterocycles. The molecule has 0 aliphatic heterocycles. The second-order valence-electron chi connectivity index (χ2n) is 3.34. The van der Waals surface area contributed by atoms with Gasteiger partial charge in [-0.3, -0.25) is 9.48 Å². The van der Waals surface area contributed by atoms with Crippen LogP contribution in [0.3, 0.4) is 0 Å². The van der Waals surface area contributed by atoms with Crippen molar-refractivity contribution < 1.29 is 14.7 Å². The highest BCUT2D eigenvalue weighted by atomic mass is 16.4. The van der Waals surface area contributed by atoms with E-state index < -0.39 is 5.97 Å². The summed E-state index contributed by atoms with van der Waals surface area (Å²) in [5, 5.41) is 12.5. The van der Waals surface area contributed by atoms with E-state index in [-0.39, 0.29) is 11.5 Å². The zero-order chi connectivity index (χ0) is 11.4. The van der Waals surface area contributed by atoms with Gasteiger partial charge in [-0.15, -0.1) is 0 Å². The molecule has 6 nitrogen and oxygen atoms in total. The van der Waals surface area contributed by atoms with Gasteiger partial charge in [0.15, 0.2) is 0 Å². The summed E-state index contributed by atoms with van der Waals surface area (Å²) >= 11 is 0. The van der Waals surface area contributed by atoms with Gasteiger partial charge in [-0.2, -0.15) is 5.10 Å². The topological polar surface area (TPSA) is 75.4 Å². The van der Waals surface area contributed by atoms with E-state index >= 15 is 0 Å². The highest BCUT2D eigenvalue weighted by molar-refractivity contribution is 5.86. The van der Waals surface area contributed by atoms with Crippen molar-refractivity contribution in [2.75, 3.05) is 14.1 Å². The summed E-state index contributed by atoms with van der Waals surface area (Å²) in [6.45, 7) is 0.393. The standard InChI is InChI=1S/C9H13N3O3/c1-11(2)8(13)3-4-12-6-7(5-10-12)9(14)15/h5-6H,3-4H2,1-2H3,(H,14,15). The Morgan fingerprint density at radius 3 is 2.67 bits per heavy atom. The van der Waals surface area contributed by atoms with Gasteiger partial charge in [0.2, 0.25) is 5.91 Å². The molecular weight excluding hydrogens is 198 g/mol. The lowest BCUT2D eigenvalue weighted by atomic mass is 10.3. The molecular formula is C9H13N3O3. The average Bonchev–Trinajstić information content (AvgIpc) is 2.62. The third-order valence-corrected chi connectivity index (χ3v) is 1.93. The van der Waals surface area contributed by atoms with Crippen molar-refractivity contribution in [2.45, 2.75) is 13.0 Å². The van der Waals surface area contributed by atoms with Crippen molar-refractivity contribution >= 4 is 11.9 Å². The number of carbonyl (C=O) groups is 2. The van der Waals surface area contributed by atoms with Crippen LogP contribution in [0.15, 0.2) is 12.4 Å². The number of aromatic carboxylic acids is 1. The first kappa shape index (κ1) is 11.2. The molecule has 82 valence electrons. The van der Waals surface area contributed by atoms with Crippen LogP contribution in [0.2, 0.25) is 0 Å². The van der Waals surface area contributed by atoms with Crippen LogP contribution in [-0.4, -0.2) is 45.8 Å². The predicted molar refractivity (Wildman–Crippen MR) is 52.5 cm³/mol. The summed E-state index contributed by atoms with van der Waals surface area (Å²) in [7, 11) is 3.35. The van der Waals surface area contributed by atoms with Gasteiger partial charge in [0.05, 0.1) is 11.8 Å². The van der Waals surface area contributed by atoms with Crippen LogP contribution >= 0.6 is 0 Å². The Morgan fingerprint density at radius 1 is 1.53 bits per heavy atom. The molecule has 0 unspecified atom stereocenters. The molecule has 0 aromatic carbocycles. The predicted octanol–water partition coefficient (Wildman–Crippen LogP) is 0.0596. The molecule has 0 radical (unpaired) electrons. The Morgan fingerprint density at radius 2 is 2.20 bits per heavy atom. The second kappa shape index (κ2) is 4.59. The van der Waals surface area contributed by atoms with Crippen molar-refractivity contribution in [3.05, 3.63) is 18.0 Å². The van der Waals surface area contributed by atoms with Gasteiger partial charge in [-0.1, -0.05) is 0 Å². The zero-order valence-electron chi connectivity index (χ0n) is 8.67. The average molecular weight is 211 g/mol. The zero-order valence-corrected chi connectivity index (χ0v) is 8.67. The number of carbonyl (C=O) groups excluding carboxylic acids is 1. The Kier molecular flexibility index (Phi) is 3.43. The molecule has 1 rings (SSSR count). The number of carboxylic acids is 1. The number of hydrogen-bond donors (Lipinski definition) is 1. The summed E-state index contributed by atoms with van der Waals surface area (Å²) in [4.78, 5) is 23.2. The molecule has 0 spiro atoms. The van der Waals surface area contributed by atoms with Gasteiger partial charge < -0.3 is 10.0 Å². The number of amides is 1. The number of carboxylic acid groups (broad SMARTS) is 1. The highest BCUT2D eigenvalue weighted by Gasteiger charge is 2.08. The van der Waals surface area contributed by atoms with Crippen LogP contribution < -0.4 is 0 Å². The van der Waals surface area contributed by atoms with E-state index in [1.165, 1.54) is 22.0 Å². The van der Waals surface area contributed by atoms with E-state index in [9.17, 15) is 9.59 Å². The first-order valence-corrected chi connectivity index (χ1v) is 4.46. The lowest BCUT2D eigenvalue weighted by Gasteiger charge is -2.09. The van der Waals surface area contributed by atoms with Crippen LogP contribution in [-0.2, 0) is 11.3 Å². The van der Waals surface area contributed by atoms with Crippen molar-refractivity contribution in [1.82, 2.24) is 14.7 Å². The summed E-state index contributed by atoms with van der Waals surface area (Å²) in [6.07, 6.45) is 2.99. The Bertz CT molecular complexity index is 370. The van der Waals surface area contributed by atoms with Gasteiger partial charge in [-0.05, 0) is 0 Å². The molecule has 0 bridgehead atoms. The summed E-state index contributed by atoms with van der Waals surface area (Å²) < 4.78 is 1.45. The summed E-state index contributed by atoms with van der Waals surface area (Å²) in [6, 6.07) is 0. The van der Waals surface area contributed by atoms with E-state index in [2.05, 4.69) is 5.10 Å². The SMILES string of the molecule is CN(C)C(=O)CCn1cc(C(=O)O)cn1. The lowest BCUT2D eigenvalue weighted by Crippen LogP contribution is -2.22. The molecule has 0 saturated carbocycles. The Labute approximate surface area is 87.1 Å². The fraction of sp³-hybridized carbons (Fsp3) is 0.444. The maximum absolute atomic E-state index is 11.2. The highest BCUT2D eigenvalue weighted by Crippen LogP contribution is 1.99. The number of hydrogen-bond acceptors (Lipinski definition) is 3. The lowest BCUT2D eigenvalue weighted by molar-refractivity contribution is -0.128. The molecule has 1 N–H and O–H groups in total. The number of aryl methyl sites for hydroxylation is 1. The van der Waals surface area contributed by atoms with Crippen LogP contribution in [0.4, 0.5) is 0 Å². The third-order valence-electron chi connectivity index (χ3n) is 1.93. The number of nitrogens with zero attached hydrogens (tertiary/aromatic N) is 3. The fourth-order valence-corrected chi connectivity index (χ4v) is 1.03. The first-order valence-electron chi connectivity index (χ1n) is 4.46. The van der Waals surface area contributed by atoms with E-state index in [0.717, 1.165) is 0 Å². The van der Waals surface area contributed by atoms with Crippen molar-refractivity contribution in [3.8, 4) is 0 Å². The first-order chi connectivity index (χ1) is 7.00. The summed E-state index contributed by atoms with van der Waals surface area (Å²) in [5.74, 6) is -1.03. The quantitative estimate of drug-likeness (QED) is 0.764. The van der Waals surface area contributed by atoms with Crippen LogP contribution in [0.5, 0.6) is 0 Å². The largest absolute Gasteiger partial charge is 0.478 e. The van der Waals surface area contributed by atoms with Crippen LogP contribution in [0, 0.1) is 0 Å². The second-order valence-corrected chi connectivity index (χ2v) is 3.34. The molecule has 6 heteroatoms. The van der Waals surface area contributed by atoms with Crippen molar-refractivity contribution in [3.63, 3.8) is 0 Å². The van der Waals surface area contributed by atoms with Gasteiger partial charge in [0.1, 0.15) is 0 Å². The molecule has 1 aromatic heterocycles. The van der Waals surface area contributed by atoms with Crippen molar-refractivity contribution in [1.29, 1.82) is 0 Å². The molecule has 1 amide bonds. The normalized spacial score (nSPS) is 10.0. The maximum atomic E-state index is 11.2. The van der Waals surface area contributed by atoms with Gasteiger partial charge in [0.25, 0.3) is 0 Å². The molecule has 0 aliphatic carbocycles. The monoisotopic (exact) mass is 211 g/mol. The van der Waals surface area contributed by atoms with Gasteiger partial charge >= 0.3 is 5.97 Å². The minimum atomic E-state index is -1.01. The smallest absolute Gasteiger partial charge is 0.338 e. The third kappa shape index (κ3) is 3.08.